The van der Waals surface area contributed by atoms with Crippen molar-refractivity contribution in [2.75, 3.05) is 0 Å². The van der Waals surface area contributed by atoms with E-state index in [1.807, 2.05) is 0 Å². The molecule has 0 amide bonds. The van der Waals surface area contributed by atoms with Crippen LogP contribution in [-0.4, -0.2) is 30.4 Å². The van der Waals surface area contributed by atoms with Crippen LogP contribution in [0.15, 0.2) is 11.7 Å². The summed E-state index contributed by atoms with van der Waals surface area (Å²) in [5.74, 6) is -29.8. The van der Waals surface area contributed by atoms with Crippen LogP contribution < -0.4 is 0 Å². The van der Waals surface area contributed by atoms with Gasteiger partial charge >= 0.3 is 30.4 Å². The number of rotatable bonds is 4. The molecule has 0 aliphatic heterocycles. The Kier molecular flexibility index (Phi) is 4.69. The zero-order valence-electron chi connectivity index (χ0n) is 8.49. The molecule has 0 atom stereocenters. The van der Waals surface area contributed by atoms with Crippen molar-refractivity contribution in [1.29, 1.82) is 0 Å². The fourth-order valence-electron chi connectivity index (χ4n) is 0.683. The van der Waals surface area contributed by atoms with Crippen molar-refractivity contribution < 1.29 is 57.1 Å². The Morgan fingerprint density at radius 2 is 0.900 bits per heavy atom. The summed E-state index contributed by atoms with van der Waals surface area (Å²) in [4.78, 5) is 0. The minimum Gasteiger partial charge on any atom is -0.203 e. The highest BCUT2D eigenvalue weighted by Crippen LogP contribution is 2.50. The molecule has 13 heteroatoms. The predicted molar refractivity (Wildman–Crippen MR) is 36.1 cm³/mol. The van der Waals surface area contributed by atoms with Crippen LogP contribution in [0.4, 0.5) is 57.1 Å². The molecule has 0 rings (SSSR count). The zero-order valence-corrected chi connectivity index (χ0v) is 8.49. The number of alkyl halides is 11. The third-order valence-corrected chi connectivity index (χ3v) is 1.79. The summed E-state index contributed by atoms with van der Waals surface area (Å²) in [5, 5.41) is 0. The normalized spacial score (nSPS) is 16.5. The van der Waals surface area contributed by atoms with E-state index in [0.717, 1.165) is 0 Å². The molecule has 0 aliphatic carbocycles. The van der Waals surface area contributed by atoms with E-state index in [0.29, 0.717) is 0 Å². The van der Waals surface area contributed by atoms with Gasteiger partial charge in [0.25, 0.3) is 0 Å². The summed E-state index contributed by atoms with van der Waals surface area (Å²) in [6.45, 7) is 0. The lowest BCUT2D eigenvalue weighted by Gasteiger charge is -2.26. The third kappa shape index (κ3) is 2.80. The van der Waals surface area contributed by atoms with Crippen LogP contribution in [0.1, 0.15) is 0 Å². The molecule has 0 aromatic carbocycles. The predicted octanol–water partition coefficient (Wildman–Crippen LogP) is 4.87. The van der Waals surface area contributed by atoms with Gasteiger partial charge in [0.1, 0.15) is 0 Å². The topological polar surface area (TPSA) is 0 Å². The molecular weight excluding hydrogens is 331 g/mol. The van der Waals surface area contributed by atoms with Crippen LogP contribution in [0.3, 0.4) is 0 Å². The standard InChI is InChI=1S/C7HF13/c8-1(2(9)5(14,15)7(18,19)20)4(12,13)6(16,17)3(10)11/h3H/b2-1+. The van der Waals surface area contributed by atoms with Gasteiger partial charge in [-0.15, -0.1) is 0 Å². The fourth-order valence-corrected chi connectivity index (χ4v) is 0.683. The maximum atomic E-state index is 12.4. The third-order valence-electron chi connectivity index (χ3n) is 1.79. The van der Waals surface area contributed by atoms with Gasteiger partial charge in [0.2, 0.25) is 11.7 Å². The van der Waals surface area contributed by atoms with Crippen molar-refractivity contribution in [3.8, 4) is 0 Å². The lowest BCUT2D eigenvalue weighted by atomic mass is 10.1. The van der Waals surface area contributed by atoms with E-state index in [-0.39, 0.29) is 0 Å². The average Bonchev–Trinajstić information content (AvgIpc) is 2.24. The van der Waals surface area contributed by atoms with Crippen LogP contribution in [0.5, 0.6) is 0 Å². The minimum absolute atomic E-state index is 4.63. The smallest absolute Gasteiger partial charge is 0.203 e. The second kappa shape index (κ2) is 4.98. The molecule has 0 spiro atoms. The van der Waals surface area contributed by atoms with Crippen LogP contribution in [-0.2, 0) is 0 Å². The van der Waals surface area contributed by atoms with Gasteiger partial charge < -0.3 is 0 Å². The molecule has 0 fully saturated rings. The fraction of sp³-hybridized carbons (Fsp3) is 0.714. The molecule has 0 aromatic heterocycles. The Balaban J connectivity index is 5.97. The first-order valence-corrected chi connectivity index (χ1v) is 4.05. The van der Waals surface area contributed by atoms with Crippen LogP contribution in [0.25, 0.3) is 0 Å². The first-order valence-electron chi connectivity index (χ1n) is 4.05. The maximum Gasteiger partial charge on any atom is 0.460 e. The zero-order chi connectivity index (χ0) is 16.7. The summed E-state index contributed by atoms with van der Waals surface area (Å²) in [6.07, 6.45) is -12.3. The molecule has 0 aliphatic rings. The molecule has 0 saturated carbocycles. The average molecular weight is 332 g/mol. The number of hydrogen-bond donors (Lipinski definition) is 0. The second-order valence-electron chi connectivity index (χ2n) is 3.20. The highest BCUT2D eigenvalue weighted by molar-refractivity contribution is 5.21. The van der Waals surface area contributed by atoms with Crippen LogP contribution in [0.2, 0.25) is 0 Å². The highest BCUT2D eigenvalue weighted by atomic mass is 19.4. The molecule has 0 heterocycles. The van der Waals surface area contributed by atoms with Gasteiger partial charge in [0.15, 0.2) is 0 Å². The molecular formula is C7HF13. The number of halogens is 13. The van der Waals surface area contributed by atoms with E-state index in [2.05, 4.69) is 0 Å². The Labute approximate surface area is 100 Å². The van der Waals surface area contributed by atoms with Crippen molar-refractivity contribution in [3.63, 3.8) is 0 Å². The summed E-state index contributed by atoms with van der Waals surface area (Å²) >= 11 is 0. The van der Waals surface area contributed by atoms with Gasteiger partial charge in [-0.1, -0.05) is 0 Å². The van der Waals surface area contributed by atoms with Crippen molar-refractivity contribution in [2.45, 2.75) is 30.4 Å². The Morgan fingerprint density at radius 3 is 1.15 bits per heavy atom. The SMILES string of the molecule is F/C(=C(/F)C(F)(F)C(F)(F)C(F)F)C(F)(F)C(F)(F)F. The van der Waals surface area contributed by atoms with Gasteiger partial charge in [0, 0.05) is 0 Å². The van der Waals surface area contributed by atoms with Gasteiger partial charge in [-0.05, 0) is 0 Å². The van der Waals surface area contributed by atoms with Crippen molar-refractivity contribution >= 4 is 0 Å². The molecule has 0 radical (unpaired) electrons. The lowest BCUT2D eigenvalue weighted by Crippen LogP contribution is -2.48. The Morgan fingerprint density at radius 1 is 0.600 bits per heavy atom. The van der Waals surface area contributed by atoms with Crippen LogP contribution >= 0.6 is 0 Å². The van der Waals surface area contributed by atoms with Crippen molar-refractivity contribution in [3.05, 3.63) is 11.7 Å². The highest BCUT2D eigenvalue weighted by Gasteiger charge is 2.70. The minimum atomic E-state index is -6.94. The molecule has 0 nitrogen and oxygen atoms in total. The first kappa shape index (κ1) is 18.8. The molecule has 120 valence electrons. The number of hydrogen-bond acceptors (Lipinski definition) is 0. The van der Waals surface area contributed by atoms with Gasteiger partial charge in [0.05, 0.1) is 0 Å². The molecule has 0 unspecified atom stereocenters. The maximum absolute atomic E-state index is 12.4. The molecule has 0 saturated heterocycles. The van der Waals surface area contributed by atoms with Gasteiger partial charge in [-0.25, -0.2) is 17.6 Å². The van der Waals surface area contributed by atoms with Gasteiger partial charge in [-0.3, -0.25) is 0 Å². The van der Waals surface area contributed by atoms with E-state index in [1.165, 1.54) is 0 Å². The van der Waals surface area contributed by atoms with Crippen molar-refractivity contribution in [1.82, 2.24) is 0 Å². The van der Waals surface area contributed by atoms with E-state index in [1.54, 1.807) is 0 Å². The van der Waals surface area contributed by atoms with Crippen molar-refractivity contribution in [2.24, 2.45) is 0 Å². The quantitative estimate of drug-likeness (QED) is 0.645. The number of allylic oxidation sites excluding steroid dienone is 2. The molecule has 0 aromatic rings. The largest absolute Gasteiger partial charge is 0.460 e. The van der Waals surface area contributed by atoms with E-state index < -0.39 is 42.0 Å². The summed E-state index contributed by atoms with van der Waals surface area (Å²) < 4.78 is 156. The molecule has 20 heavy (non-hydrogen) atoms. The summed E-state index contributed by atoms with van der Waals surface area (Å²) in [5.41, 5.74) is 0. The van der Waals surface area contributed by atoms with Gasteiger partial charge in [-0.2, -0.15) is 39.5 Å². The summed E-state index contributed by atoms with van der Waals surface area (Å²) in [7, 11) is 0. The second-order valence-corrected chi connectivity index (χ2v) is 3.20. The van der Waals surface area contributed by atoms with Crippen LogP contribution in [0, 0.1) is 0 Å². The molecule has 0 bridgehead atoms. The lowest BCUT2D eigenvalue weighted by molar-refractivity contribution is -0.277. The molecule has 0 N–H and O–H groups in total. The van der Waals surface area contributed by atoms with E-state index >= 15 is 0 Å². The monoisotopic (exact) mass is 332 g/mol. The van der Waals surface area contributed by atoms with E-state index in [4.69, 9.17) is 0 Å². The summed E-state index contributed by atoms with van der Waals surface area (Å²) in [6, 6.07) is 0. The Bertz CT molecular complexity index is 386. The van der Waals surface area contributed by atoms with E-state index in [9.17, 15) is 57.1 Å². The first-order chi connectivity index (χ1) is 8.51. The Hall–Kier alpha value is -1.17.